The van der Waals surface area contributed by atoms with E-state index in [-0.39, 0.29) is 23.1 Å². The van der Waals surface area contributed by atoms with Crippen LogP contribution in [-0.4, -0.2) is 32.7 Å². The molecule has 1 aromatic carbocycles. The fraction of sp³-hybridized carbons (Fsp3) is 0.286. The van der Waals surface area contributed by atoms with Gasteiger partial charge in [-0.3, -0.25) is 25.5 Å². The van der Waals surface area contributed by atoms with Crippen LogP contribution in [0.2, 0.25) is 5.02 Å². The van der Waals surface area contributed by atoms with E-state index in [4.69, 9.17) is 11.6 Å². The van der Waals surface area contributed by atoms with Crippen molar-refractivity contribution in [3.8, 4) is 0 Å². The molecule has 7 nitrogen and oxygen atoms in total. The van der Waals surface area contributed by atoms with Crippen molar-refractivity contribution in [2.24, 2.45) is 0 Å². The van der Waals surface area contributed by atoms with Crippen LogP contribution >= 0.6 is 23.4 Å². The van der Waals surface area contributed by atoms with Gasteiger partial charge >= 0.3 is 0 Å². The number of halogens is 1. The van der Waals surface area contributed by atoms with Crippen LogP contribution in [0.5, 0.6) is 0 Å². The van der Waals surface area contributed by atoms with Crippen molar-refractivity contribution in [3.05, 3.63) is 40.7 Å². The number of hydrogen-bond acceptors (Lipinski definition) is 5. The summed E-state index contributed by atoms with van der Waals surface area (Å²) in [6, 6.07) is 6.58. The first-order valence-electron chi connectivity index (χ1n) is 6.86. The predicted molar refractivity (Wildman–Crippen MR) is 88.3 cm³/mol. The van der Waals surface area contributed by atoms with Gasteiger partial charge in [-0.15, -0.1) is 5.10 Å². The highest BCUT2D eigenvalue weighted by Crippen LogP contribution is 2.16. The van der Waals surface area contributed by atoms with Crippen LogP contribution in [0.4, 0.5) is 0 Å². The molecule has 9 heteroatoms. The molecule has 23 heavy (non-hydrogen) atoms. The van der Waals surface area contributed by atoms with Crippen molar-refractivity contribution in [2.75, 3.05) is 5.75 Å². The molecule has 0 bridgehead atoms. The molecule has 122 valence electrons. The Morgan fingerprint density at radius 2 is 2.04 bits per heavy atom. The first kappa shape index (κ1) is 17.3. The number of aromatic nitrogens is 3. The Kier molecular flexibility index (Phi) is 6.00. The SMILES string of the molecule is CC(C)c1nc(SCC(=O)NNC(=O)c2ccccc2Cl)n[nH]1. The molecule has 1 aromatic heterocycles. The van der Waals surface area contributed by atoms with Gasteiger partial charge in [-0.1, -0.05) is 49.3 Å². The number of aromatic amines is 1. The molecule has 2 aromatic rings. The second-order valence-electron chi connectivity index (χ2n) is 4.93. The number of carbonyl (C=O) groups is 2. The molecule has 0 aliphatic carbocycles. The average molecular weight is 354 g/mol. The highest BCUT2D eigenvalue weighted by molar-refractivity contribution is 7.99. The van der Waals surface area contributed by atoms with Gasteiger partial charge in [0.15, 0.2) is 0 Å². The number of H-pyrrole nitrogens is 1. The maximum atomic E-state index is 11.9. The highest BCUT2D eigenvalue weighted by atomic mass is 35.5. The van der Waals surface area contributed by atoms with Gasteiger partial charge < -0.3 is 0 Å². The molecule has 0 radical (unpaired) electrons. The van der Waals surface area contributed by atoms with Crippen molar-refractivity contribution in [1.29, 1.82) is 0 Å². The lowest BCUT2D eigenvalue weighted by atomic mass is 10.2. The second-order valence-corrected chi connectivity index (χ2v) is 6.28. The van der Waals surface area contributed by atoms with Crippen LogP contribution < -0.4 is 10.9 Å². The Morgan fingerprint density at radius 3 is 2.70 bits per heavy atom. The van der Waals surface area contributed by atoms with Crippen LogP contribution in [0.25, 0.3) is 0 Å². The summed E-state index contributed by atoms with van der Waals surface area (Å²) in [6.45, 7) is 3.98. The van der Waals surface area contributed by atoms with Gasteiger partial charge in [0.1, 0.15) is 5.82 Å². The van der Waals surface area contributed by atoms with E-state index in [2.05, 4.69) is 26.0 Å². The van der Waals surface area contributed by atoms with E-state index >= 15 is 0 Å². The van der Waals surface area contributed by atoms with Crippen molar-refractivity contribution in [2.45, 2.75) is 24.9 Å². The molecular weight excluding hydrogens is 338 g/mol. The summed E-state index contributed by atoms with van der Waals surface area (Å²) >= 11 is 7.08. The summed E-state index contributed by atoms with van der Waals surface area (Å²) in [6.07, 6.45) is 0. The smallest absolute Gasteiger partial charge is 0.271 e. The van der Waals surface area contributed by atoms with E-state index < -0.39 is 5.91 Å². The van der Waals surface area contributed by atoms with Gasteiger partial charge in [0.05, 0.1) is 16.3 Å². The number of benzene rings is 1. The summed E-state index contributed by atoms with van der Waals surface area (Å²) < 4.78 is 0. The Bertz CT molecular complexity index is 704. The van der Waals surface area contributed by atoms with E-state index in [1.165, 1.54) is 11.8 Å². The van der Waals surface area contributed by atoms with Crippen molar-refractivity contribution in [1.82, 2.24) is 26.0 Å². The van der Waals surface area contributed by atoms with E-state index in [1.807, 2.05) is 13.8 Å². The summed E-state index contributed by atoms with van der Waals surface area (Å²) in [5.41, 5.74) is 4.93. The number of rotatable bonds is 5. The molecule has 0 aliphatic rings. The average Bonchev–Trinajstić information content (AvgIpc) is 3.00. The quantitative estimate of drug-likeness (QED) is 0.565. The van der Waals surface area contributed by atoms with E-state index in [1.54, 1.807) is 24.3 Å². The molecule has 0 spiro atoms. The van der Waals surface area contributed by atoms with Crippen LogP contribution in [-0.2, 0) is 4.79 Å². The van der Waals surface area contributed by atoms with Crippen LogP contribution in [0.1, 0.15) is 35.9 Å². The Hall–Kier alpha value is -2.06. The molecule has 2 amide bonds. The second kappa shape index (κ2) is 7.98. The minimum atomic E-state index is -0.478. The van der Waals surface area contributed by atoms with Gasteiger partial charge in [-0.25, -0.2) is 4.98 Å². The lowest BCUT2D eigenvalue weighted by molar-refractivity contribution is -0.119. The first-order valence-corrected chi connectivity index (χ1v) is 8.22. The third kappa shape index (κ3) is 4.97. The summed E-state index contributed by atoms with van der Waals surface area (Å²) in [7, 11) is 0. The third-order valence-electron chi connectivity index (χ3n) is 2.80. The Balaban J connectivity index is 1.79. The fourth-order valence-corrected chi connectivity index (χ4v) is 2.41. The third-order valence-corrected chi connectivity index (χ3v) is 3.97. The monoisotopic (exact) mass is 353 g/mol. The van der Waals surface area contributed by atoms with Gasteiger partial charge in [-0.05, 0) is 12.1 Å². The van der Waals surface area contributed by atoms with Gasteiger partial charge in [-0.2, -0.15) is 0 Å². The van der Waals surface area contributed by atoms with Crippen molar-refractivity contribution < 1.29 is 9.59 Å². The lowest BCUT2D eigenvalue weighted by Gasteiger charge is -2.07. The van der Waals surface area contributed by atoms with Crippen molar-refractivity contribution in [3.63, 3.8) is 0 Å². The largest absolute Gasteiger partial charge is 0.272 e. The zero-order valence-corrected chi connectivity index (χ0v) is 14.2. The molecule has 0 fully saturated rings. The molecule has 0 saturated heterocycles. The van der Waals surface area contributed by atoms with Crippen LogP contribution in [0.3, 0.4) is 0 Å². The van der Waals surface area contributed by atoms with Crippen molar-refractivity contribution >= 4 is 35.2 Å². The van der Waals surface area contributed by atoms with Gasteiger partial charge in [0.25, 0.3) is 5.91 Å². The fourth-order valence-electron chi connectivity index (χ4n) is 1.59. The summed E-state index contributed by atoms with van der Waals surface area (Å²) in [5.74, 6) is 0.235. The normalized spacial score (nSPS) is 10.6. The maximum absolute atomic E-state index is 11.9. The minimum absolute atomic E-state index is 0.0815. The van der Waals surface area contributed by atoms with E-state index in [0.717, 1.165) is 5.82 Å². The molecule has 2 rings (SSSR count). The van der Waals surface area contributed by atoms with Crippen LogP contribution in [0, 0.1) is 0 Å². The van der Waals surface area contributed by atoms with Crippen LogP contribution in [0.15, 0.2) is 29.4 Å². The lowest BCUT2D eigenvalue weighted by Crippen LogP contribution is -2.42. The molecule has 3 N–H and O–H groups in total. The van der Waals surface area contributed by atoms with E-state index in [9.17, 15) is 9.59 Å². The number of hydrazine groups is 1. The van der Waals surface area contributed by atoms with Gasteiger partial charge in [0.2, 0.25) is 11.1 Å². The molecule has 0 saturated carbocycles. The topological polar surface area (TPSA) is 99.8 Å². The molecule has 0 unspecified atom stereocenters. The zero-order valence-electron chi connectivity index (χ0n) is 12.6. The number of nitrogens with one attached hydrogen (secondary N) is 3. The number of amides is 2. The predicted octanol–water partition coefficient (Wildman–Crippen LogP) is 2.13. The Morgan fingerprint density at radius 1 is 1.30 bits per heavy atom. The number of thioether (sulfide) groups is 1. The summed E-state index contributed by atoms with van der Waals surface area (Å²) in [4.78, 5) is 27.9. The Labute approximate surface area is 142 Å². The summed E-state index contributed by atoms with van der Waals surface area (Å²) in [5, 5.41) is 7.62. The number of nitrogens with zero attached hydrogens (tertiary/aromatic N) is 2. The molecule has 1 heterocycles. The molecule has 0 aliphatic heterocycles. The molecular formula is C14H16ClN5O2S. The van der Waals surface area contributed by atoms with E-state index in [0.29, 0.717) is 10.2 Å². The number of carbonyl (C=O) groups excluding carboxylic acids is 2. The minimum Gasteiger partial charge on any atom is -0.272 e. The standard InChI is InChI=1S/C14H16ClN5O2S/c1-8(2)12-16-14(20-18-12)23-7-11(21)17-19-13(22)9-5-3-4-6-10(9)15/h3-6,8H,7H2,1-2H3,(H,17,21)(H,19,22)(H,16,18,20). The first-order chi connectivity index (χ1) is 11.0. The zero-order chi connectivity index (χ0) is 16.8. The number of hydrogen-bond donors (Lipinski definition) is 3. The van der Waals surface area contributed by atoms with Gasteiger partial charge in [0, 0.05) is 5.92 Å². The maximum Gasteiger partial charge on any atom is 0.271 e. The molecule has 0 atom stereocenters. The highest BCUT2D eigenvalue weighted by Gasteiger charge is 2.12.